The monoisotopic (exact) mass is 290 g/mol. The van der Waals surface area contributed by atoms with E-state index in [0.717, 1.165) is 5.56 Å². The summed E-state index contributed by atoms with van der Waals surface area (Å²) in [6.07, 6.45) is 0. The van der Waals surface area contributed by atoms with Crippen molar-refractivity contribution in [2.75, 3.05) is 12.0 Å². The molecule has 0 saturated carbocycles. The summed E-state index contributed by atoms with van der Waals surface area (Å²) in [6.45, 7) is 7.52. The van der Waals surface area contributed by atoms with Gasteiger partial charge in [0, 0.05) is 0 Å². The first-order valence-electron chi connectivity index (χ1n) is 7.15. The molecule has 2 unspecified atom stereocenters. The second-order valence-corrected chi connectivity index (χ2v) is 5.80. The molecule has 1 aliphatic heterocycles. The van der Waals surface area contributed by atoms with Gasteiger partial charge in [-0.05, 0) is 37.5 Å². The Kier molecular flexibility index (Phi) is 4.21. The van der Waals surface area contributed by atoms with Gasteiger partial charge < -0.3 is 10.1 Å². The lowest BCUT2D eigenvalue weighted by Gasteiger charge is -2.40. The third kappa shape index (κ3) is 2.73. The Morgan fingerprint density at radius 3 is 2.52 bits per heavy atom. The third-order valence-electron chi connectivity index (χ3n) is 3.74. The van der Waals surface area contributed by atoms with Crippen molar-refractivity contribution >= 4 is 17.5 Å². The van der Waals surface area contributed by atoms with Crippen LogP contribution >= 0.6 is 0 Å². The number of ether oxygens (including phenoxy) is 1. The summed E-state index contributed by atoms with van der Waals surface area (Å²) < 4.78 is 5.37. The highest BCUT2D eigenvalue weighted by molar-refractivity contribution is 6.09. The van der Waals surface area contributed by atoms with E-state index in [2.05, 4.69) is 5.32 Å². The number of rotatable bonds is 3. The fourth-order valence-electron chi connectivity index (χ4n) is 2.68. The zero-order valence-corrected chi connectivity index (χ0v) is 13.1. The number of carbonyl (C=O) groups excluding carboxylic acids is 2. The average Bonchev–Trinajstić information content (AvgIpc) is 2.42. The SMILES string of the molecule is COc1ccc(C)cc1N1C(=O)C(C)NC(=O)C1C(C)C. The molecule has 1 saturated heterocycles. The molecule has 21 heavy (non-hydrogen) atoms. The third-order valence-corrected chi connectivity index (χ3v) is 3.74. The van der Waals surface area contributed by atoms with E-state index in [1.165, 1.54) is 0 Å². The van der Waals surface area contributed by atoms with Crippen molar-refractivity contribution in [2.24, 2.45) is 5.92 Å². The standard InChI is InChI=1S/C16H22N2O3/c1-9(2)14-15(19)17-11(4)16(20)18(14)12-8-10(3)6-7-13(12)21-5/h6-9,11,14H,1-5H3,(H,17,19). The molecule has 2 amide bonds. The molecule has 0 spiro atoms. The summed E-state index contributed by atoms with van der Waals surface area (Å²) in [7, 11) is 1.57. The van der Waals surface area contributed by atoms with Crippen LogP contribution in [0.5, 0.6) is 5.75 Å². The Morgan fingerprint density at radius 1 is 1.29 bits per heavy atom. The molecule has 1 aliphatic rings. The zero-order valence-electron chi connectivity index (χ0n) is 13.1. The largest absolute Gasteiger partial charge is 0.495 e. The summed E-state index contributed by atoms with van der Waals surface area (Å²) in [5, 5.41) is 2.74. The zero-order chi connectivity index (χ0) is 15.7. The average molecular weight is 290 g/mol. The molecule has 1 fully saturated rings. The van der Waals surface area contributed by atoms with Gasteiger partial charge in [0.05, 0.1) is 12.8 Å². The Balaban J connectivity index is 2.58. The summed E-state index contributed by atoms with van der Waals surface area (Å²) in [4.78, 5) is 26.5. The van der Waals surface area contributed by atoms with Gasteiger partial charge in [-0.2, -0.15) is 0 Å². The number of hydrogen-bond donors (Lipinski definition) is 1. The lowest BCUT2D eigenvalue weighted by molar-refractivity contribution is -0.134. The van der Waals surface area contributed by atoms with E-state index in [4.69, 9.17) is 4.74 Å². The first-order valence-corrected chi connectivity index (χ1v) is 7.15. The number of amides is 2. The van der Waals surface area contributed by atoms with Gasteiger partial charge in [-0.15, -0.1) is 0 Å². The molecule has 1 aromatic carbocycles. The van der Waals surface area contributed by atoms with Gasteiger partial charge in [-0.1, -0.05) is 19.9 Å². The Labute approximate surface area is 125 Å². The van der Waals surface area contributed by atoms with Crippen molar-refractivity contribution < 1.29 is 14.3 Å². The van der Waals surface area contributed by atoms with E-state index < -0.39 is 12.1 Å². The molecule has 1 N–H and O–H groups in total. The quantitative estimate of drug-likeness (QED) is 0.924. The van der Waals surface area contributed by atoms with Crippen LogP contribution in [0.25, 0.3) is 0 Å². The normalized spacial score (nSPS) is 22.5. The topological polar surface area (TPSA) is 58.6 Å². The van der Waals surface area contributed by atoms with Crippen LogP contribution in [0.1, 0.15) is 26.3 Å². The second-order valence-electron chi connectivity index (χ2n) is 5.80. The number of methoxy groups -OCH3 is 1. The second kappa shape index (κ2) is 5.76. The van der Waals surface area contributed by atoms with Gasteiger partial charge in [-0.3, -0.25) is 14.5 Å². The van der Waals surface area contributed by atoms with Crippen molar-refractivity contribution in [2.45, 2.75) is 39.8 Å². The van der Waals surface area contributed by atoms with Crippen LogP contribution in [0.2, 0.25) is 0 Å². The first kappa shape index (κ1) is 15.4. The van der Waals surface area contributed by atoms with Crippen LogP contribution in [-0.4, -0.2) is 31.0 Å². The maximum Gasteiger partial charge on any atom is 0.250 e. The molecular weight excluding hydrogens is 268 g/mol. The number of nitrogens with zero attached hydrogens (tertiary/aromatic N) is 1. The van der Waals surface area contributed by atoms with Gasteiger partial charge >= 0.3 is 0 Å². The minimum absolute atomic E-state index is 0.00617. The lowest BCUT2D eigenvalue weighted by atomic mass is 9.96. The number of anilines is 1. The van der Waals surface area contributed by atoms with Crippen molar-refractivity contribution in [1.29, 1.82) is 0 Å². The van der Waals surface area contributed by atoms with Crippen LogP contribution < -0.4 is 15.0 Å². The van der Waals surface area contributed by atoms with E-state index in [0.29, 0.717) is 11.4 Å². The Bertz CT molecular complexity index is 569. The highest BCUT2D eigenvalue weighted by atomic mass is 16.5. The Morgan fingerprint density at radius 2 is 1.95 bits per heavy atom. The van der Waals surface area contributed by atoms with E-state index >= 15 is 0 Å². The predicted octanol–water partition coefficient (Wildman–Crippen LogP) is 1.88. The number of aryl methyl sites for hydroxylation is 1. The van der Waals surface area contributed by atoms with Crippen molar-refractivity contribution in [3.05, 3.63) is 23.8 Å². The minimum atomic E-state index is -0.530. The van der Waals surface area contributed by atoms with Gasteiger partial charge in [0.2, 0.25) is 11.8 Å². The van der Waals surface area contributed by atoms with Crippen molar-refractivity contribution in [3.63, 3.8) is 0 Å². The molecule has 0 radical (unpaired) electrons. The van der Waals surface area contributed by atoms with Crippen LogP contribution in [-0.2, 0) is 9.59 Å². The van der Waals surface area contributed by atoms with Gasteiger partial charge in [0.15, 0.2) is 0 Å². The van der Waals surface area contributed by atoms with Crippen molar-refractivity contribution in [1.82, 2.24) is 5.32 Å². The van der Waals surface area contributed by atoms with Gasteiger partial charge in [-0.25, -0.2) is 0 Å². The number of carbonyl (C=O) groups is 2. The molecule has 1 aromatic rings. The van der Waals surface area contributed by atoms with Crippen LogP contribution in [0.15, 0.2) is 18.2 Å². The van der Waals surface area contributed by atoms with E-state index in [-0.39, 0.29) is 17.7 Å². The maximum absolute atomic E-state index is 12.6. The molecule has 114 valence electrons. The predicted molar refractivity (Wildman–Crippen MR) is 81.4 cm³/mol. The van der Waals surface area contributed by atoms with Crippen LogP contribution in [0.4, 0.5) is 5.69 Å². The molecule has 2 atom stereocenters. The summed E-state index contributed by atoms with van der Waals surface area (Å²) in [5.41, 5.74) is 1.67. The van der Waals surface area contributed by atoms with Gasteiger partial charge in [0.25, 0.3) is 0 Å². The molecule has 5 heteroatoms. The number of hydrogen-bond acceptors (Lipinski definition) is 3. The smallest absolute Gasteiger partial charge is 0.250 e. The minimum Gasteiger partial charge on any atom is -0.495 e. The first-order chi connectivity index (χ1) is 9.86. The fourth-order valence-corrected chi connectivity index (χ4v) is 2.68. The molecule has 1 heterocycles. The van der Waals surface area contributed by atoms with Crippen LogP contribution in [0, 0.1) is 12.8 Å². The molecule has 0 aliphatic carbocycles. The van der Waals surface area contributed by atoms with Crippen LogP contribution in [0.3, 0.4) is 0 Å². The van der Waals surface area contributed by atoms with Crippen molar-refractivity contribution in [3.8, 4) is 5.75 Å². The van der Waals surface area contributed by atoms with E-state index in [1.54, 1.807) is 18.9 Å². The molecule has 2 rings (SSSR count). The highest BCUT2D eigenvalue weighted by Gasteiger charge is 2.42. The number of benzene rings is 1. The summed E-state index contributed by atoms with van der Waals surface area (Å²) in [5.74, 6) is 0.367. The lowest BCUT2D eigenvalue weighted by Crippen LogP contribution is -2.64. The summed E-state index contributed by atoms with van der Waals surface area (Å²) in [6, 6.07) is 4.58. The highest BCUT2D eigenvalue weighted by Crippen LogP contribution is 2.34. The van der Waals surface area contributed by atoms with E-state index in [9.17, 15) is 9.59 Å². The molecule has 5 nitrogen and oxygen atoms in total. The Hall–Kier alpha value is -2.04. The maximum atomic E-state index is 12.6. The number of piperazine rings is 1. The summed E-state index contributed by atoms with van der Waals surface area (Å²) >= 11 is 0. The molecule has 0 aromatic heterocycles. The van der Waals surface area contributed by atoms with Gasteiger partial charge in [0.1, 0.15) is 17.8 Å². The molecular formula is C16H22N2O3. The van der Waals surface area contributed by atoms with E-state index in [1.807, 2.05) is 39.0 Å². The molecule has 0 bridgehead atoms. The number of nitrogens with one attached hydrogen (secondary N) is 1. The fraction of sp³-hybridized carbons (Fsp3) is 0.500.